The van der Waals surface area contributed by atoms with Crippen molar-refractivity contribution in [1.82, 2.24) is 15.2 Å². The molecule has 0 fully saturated rings. The first kappa shape index (κ1) is 20.1. The number of H-pyrrole nitrogens is 1. The molecule has 0 spiro atoms. The van der Waals surface area contributed by atoms with Crippen molar-refractivity contribution in [2.75, 3.05) is 4.90 Å². The van der Waals surface area contributed by atoms with Crippen molar-refractivity contribution < 1.29 is 18.1 Å². The van der Waals surface area contributed by atoms with E-state index in [9.17, 15) is 28.1 Å². The lowest BCUT2D eigenvalue weighted by Crippen LogP contribution is -2.20. The van der Waals surface area contributed by atoms with E-state index < -0.39 is 33.3 Å². The van der Waals surface area contributed by atoms with Gasteiger partial charge >= 0.3 is 6.18 Å². The molecule has 1 aliphatic rings. The van der Waals surface area contributed by atoms with Gasteiger partial charge in [0.05, 0.1) is 33.8 Å². The minimum Gasteiger partial charge on any atom is -0.338 e. The molecule has 0 saturated heterocycles. The van der Waals surface area contributed by atoms with Crippen molar-refractivity contribution in [3.63, 3.8) is 0 Å². The van der Waals surface area contributed by atoms with Crippen LogP contribution in [0, 0.1) is 10.1 Å². The zero-order chi connectivity index (χ0) is 22.6. The highest BCUT2D eigenvalue weighted by molar-refractivity contribution is 7.22. The number of nitrogens with one attached hydrogen (secondary N) is 1. The van der Waals surface area contributed by atoms with Gasteiger partial charge in [-0.15, -0.1) is 0 Å². The molecule has 3 heterocycles. The normalized spacial score (nSPS) is 13.5. The summed E-state index contributed by atoms with van der Waals surface area (Å²) >= 11 is 0.820. The molecule has 0 bridgehead atoms. The Bertz CT molecular complexity index is 1430. The lowest BCUT2D eigenvalue weighted by atomic mass is 10.1. The molecule has 0 unspecified atom stereocenters. The highest BCUT2D eigenvalue weighted by Crippen LogP contribution is 2.40. The number of halogens is 3. The number of hydrogen-bond donors (Lipinski definition) is 1. The zero-order valence-corrected chi connectivity index (χ0v) is 16.8. The maximum Gasteiger partial charge on any atom is 0.416 e. The number of fused-ring (bicyclic) bond motifs is 2. The maximum atomic E-state index is 13.2. The van der Waals surface area contributed by atoms with Crippen molar-refractivity contribution >= 4 is 32.2 Å². The third-order valence-corrected chi connectivity index (χ3v) is 6.35. The van der Waals surface area contributed by atoms with Crippen LogP contribution in [-0.4, -0.2) is 20.1 Å². The third kappa shape index (κ3) is 3.28. The molecule has 0 amide bonds. The third-order valence-electron chi connectivity index (χ3n) is 5.18. The van der Waals surface area contributed by atoms with E-state index in [2.05, 4.69) is 15.2 Å². The first-order chi connectivity index (χ1) is 15.2. The van der Waals surface area contributed by atoms with Crippen molar-refractivity contribution in [1.29, 1.82) is 0 Å². The molecular formula is C20H12F3N5O3S. The Kier molecular flexibility index (Phi) is 4.48. The Labute approximate surface area is 181 Å². The van der Waals surface area contributed by atoms with E-state index in [1.807, 2.05) is 30.3 Å². The summed E-state index contributed by atoms with van der Waals surface area (Å²) in [6, 6.07) is 10.5. The molecule has 0 aliphatic carbocycles. The van der Waals surface area contributed by atoms with E-state index in [-0.39, 0.29) is 9.83 Å². The van der Waals surface area contributed by atoms with Gasteiger partial charge in [0.2, 0.25) is 0 Å². The van der Waals surface area contributed by atoms with Crippen molar-refractivity contribution in [3.8, 4) is 11.3 Å². The minimum absolute atomic E-state index is 0.144. The van der Waals surface area contributed by atoms with Crippen LogP contribution in [-0.2, 0) is 19.3 Å². The molecule has 162 valence electrons. The molecular weight excluding hydrogens is 447 g/mol. The van der Waals surface area contributed by atoms with Crippen LogP contribution >= 0.6 is 11.3 Å². The van der Waals surface area contributed by atoms with Crippen molar-refractivity contribution in [2.24, 2.45) is 0 Å². The Morgan fingerprint density at radius 2 is 1.91 bits per heavy atom. The number of rotatable bonds is 3. The highest BCUT2D eigenvalue weighted by Gasteiger charge is 2.35. The van der Waals surface area contributed by atoms with E-state index in [4.69, 9.17) is 0 Å². The number of alkyl halides is 3. The molecule has 0 saturated carbocycles. The number of nitro groups is 1. The summed E-state index contributed by atoms with van der Waals surface area (Å²) in [4.78, 5) is 28.8. The van der Waals surface area contributed by atoms with Gasteiger partial charge in [-0.25, -0.2) is 0 Å². The van der Waals surface area contributed by atoms with Gasteiger partial charge in [-0.3, -0.25) is 20.0 Å². The van der Waals surface area contributed by atoms with Crippen molar-refractivity contribution in [3.05, 3.63) is 79.8 Å². The van der Waals surface area contributed by atoms with Gasteiger partial charge in [0.15, 0.2) is 5.13 Å². The zero-order valence-electron chi connectivity index (χ0n) is 16.0. The number of aromatic nitrogens is 3. The average Bonchev–Trinajstić information content (AvgIpc) is 3.34. The lowest BCUT2D eigenvalue weighted by Gasteiger charge is -2.16. The summed E-state index contributed by atoms with van der Waals surface area (Å²) in [7, 11) is 0. The van der Waals surface area contributed by atoms with E-state index in [1.165, 1.54) is 0 Å². The van der Waals surface area contributed by atoms with Crippen molar-refractivity contribution in [2.45, 2.75) is 19.3 Å². The monoisotopic (exact) mass is 459 g/mol. The standard InChI is InChI=1S/C20H12F3N5O3S/c21-20(22,23)11-6-12-17(15(7-11)28(30)31)32-19(24-18(12)29)27-8-13-14(9-27)25-26-16(13)10-4-2-1-3-5-10/h1-7H,8-9H2,(H,25,26). The molecule has 1 aliphatic heterocycles. The fraction of sp³-hybridized carbons (Fsp3) is 0.150. The number of non-ortho nitro benzene ring substituents is 1. The van der Waals surface area contributed by atoms with Gasteiger partial charge in [0.25, 0.3) is 11.2 Å². The molecule has 32 heavy (non-hydrogen) atoms. The summed E-state index contributed by atoms with van der Waals surface area (Å²) in [6.45, 7) is 0.678. The molecule has 0 atom stereocenters. The second-order valence-corrected chi connectivity index (χ2v) is 8.16. The molecule has 12 heteroatoms. The number of nitrogens with zero attached hydrogens (tertiary/aromatic N) is 4. The summed E-state index contributed by atoms with van der Waals surface area (Å²) < 4.78 is 39.3. The summed E-state index contributed by atoms with van der Waals surface area (Å²) in [5.41, 5.74) is 0.390. The highest BCUT2D eigenvalue weighted by atomic mass is 32.1. The molecule has 8 nitrogen and oxygen atoms in total. The number of anilines is 1. The Hall–Kier alpha value is -3.80. The topological polar surface area (TPSA) is 105 Å². The molecule has 4 aromatic rings. The van der Waals surface area contributed by atoms with E-state index in [0.29, 0.717) is 25.2 Å². The first-order valence-electron chi connectivity index (χ1n) is 9.29. The van der Waals surface area contributed by atoms with Gasteiger partial charge in [-0.05, 0) is 6.07 Å². The van der Waals surface area contributed by atoms with Crippen LogP contribution in [0.1, 0.15) is 16.8 Å². The fourth-order valence-electron chi connectivity index (χ4n) is 3.69. The molecule has 2 aromatic heterocycles. The maximum absolute atomic E-state index is 13.2. The van der Waals surface area contributed by atoms with Crippen LogP contribution in [0.15, 0.2) is 47.3 Å². The Morgan fingerprint density at radius 1 is 1.16 bits per heavy atom. The van der Waals surface area contributed by atoms with Gasteiger partial charge in [-0.1, -0.05) is 41.7 Å². The molecule has 5 rings (SSSR count). The lowest BCUT2D eigenvalue weighted by molar-refractivity contribution is -0.383. The van der Waals surface area contributed by atoms with Crippen LogP contribution in [0.25, 0.3) is 21.3 Å². The largest absolute Gasteiger partial charge is 0.416 e. The Balaban J connectivity index is 1.58. The quantitative estimate of drug-likeness (QED) is 0.357. The summed E-state index contributed by atoms with van der Waals surface area (Å²) in [5, 5.41) is 18.5. The predicted octanol–water partition coefficient (Wildman–Crippen LogP) is 4.49. The smallest absolute Gasteiger partial charge is 0.338 e. The predicted molar refractivity (Wildman–Crippen MR) is 111 cm³/mol. The van der Waals surface area contributed by atoms with E-state index >= 15 is 0 Å². The average molecular weight is 459 g/mol. The number of hydrogen-bond acceptors (Lipinski definition) is 7. The summed E-state index contributed by atoms with van der Waals surface area (Å²) in [6.07, 6.45) is -4.83. The van der Waals surface area contributed by atoms with Crippen LogP contribution in [0.2, 0.25) is 0 Å². The van der Waals surface area contributed by atoms with Gasteiger partial charge < -0.3 is 4.90 Å². The van der Waals surface area contributed by atoms with Gasteiger partial charge in [-0.2, -0.15) is 23.3 Å². The van der Waals surface area contributed by atoms with Gasteiger partial charge in [0, 0.05) is 23.7 Å². The number of benzene rings is 2. The fourth-order valence-corrected chi connectivity index (χ4v) is 4.75. The first-order valence-corrected chi connectivity index (χ1v) is 10.1. The molecule has 1 N–H and O–H groups in total. The molecule has 2 aromatic carbocycles. The second-order valence-electron chi connectivity index (χ2n) is 7.18. The number of aromatic amines is 1. The minimum atomic E-state index is -4.83. The van der Waals surface area contributed by atoms with Crippen LogP contribution < -0.4 is 10.5 Å². The van der Waals surface area contributed by atoms with Gasteiger partial charge in [0.1, 0.15) is 4.70 Å². The number of nitro benzene ring substituents is 1. The Morgan fingerprint density at radius 3 is 2.59 bits per heavy atom. The summed E-state index contributed by atoms with van der Waals surface area (Å²) in [5.74, 6) is 0. The van der Waals surface area contributed by atoms with E-state index in [0.717, 1.165) is 33.9 Å². The van der Waals surface area contributed by atoms with Crippen LogP contribution in [0.4, 0.5) is 24.0 Å². The van der Waals surface area contributed by atoms with Crippen LogP contribution in [0.3, 0.4) is 0 Å². The SMILES string of the molecule is O=c1nc(N2Cc3[nH]nc(-c4ccccc4)c3C2)sc2c([N+](=O)[O-])cc(C(F)(F)F)cc12. The molecule has 0 radical (unpaired) electrons. The van der Waals surface area contributed by atoms with Crippen LogP contribution in [0.5, 0.6) is 0 Å². The van der Waals surface area contributed by atoms with E-state index in [1.54, 1.807) is 4.90 Å². The second kappa shape index (κ2) is 7.12.